The van der Waals surface area contributed by atoms with Gasteiger partial charge in [0.05, 0.1) is 19.8 Å². The predicted molar refractivity (Wildman–Crippen MR) is 115 cm³/mol. The lowest BCUT2D eigenvalue weighted by Gasteiger charge is -2.09. The second kappa shape index (κ2) is 9.80. The Morgan fingerprint density at radius 1 is 1.32 bits per heavy atom. The Bertz CT molecular complexity index is 1060. The Morgan fingerprint density at radius 3 is 2.74 bits per heavy atom. The minimum Gasteiger partial charge on any atom is -0.493 e. The SMILES string of the molecule is CCOc1cc(-c2nc(C(=O)NCc3c(F)cccc3Cl)c([C@H](C)N)o2)ccc1OC. The smallest absolute Gasteiger partial charge is 0.273 e. The van der Waals surface area contributed by atoms with Crippen LogP contribution in [0.25, 0.3) is 11.5 Å². The van der Waals surface area contributed by atoms with Gasteiger partial charge in [0.25, 0.3) is 5.91 Å². The zero-order valence-corrected chi connectivity index (χ0v) is 18.1. The van der Waals surface area contributed by atoms with Crippen LogP contribution in [0.3, 0.4) is 0 Å². The van der Waals surface area contributed by atoms with Crippen LogP contribution in [-0.4, -0.2) is 24.6 Å². The third-order valence-electron chi connectivity index (χ3n) is 4.48. The van der Waals surface area contributed by atoms with Crippen molar-refractivity contribution in [2.45, 2.75) is 26.4 Å². The molecule has 0 fully saturated rings. The van der Waals surface area contributed by atoms with Gasteiger partial charge in [-0.25, -0.2) is 9.37 Å². The summed E-state index contributed by atoms with van der Waals surface area (Å²) >= 11 is 6.02. The van der Waals surface area contributed by atoms with Crippen LogP contribution in [0.5, 0.6) is 11.5 Å². The Morgan fingerprint density at radius 2 is 2.10 bits per heavy atom. The Kier molecular flexibility index (Phi) is 7.14. The van der Waals surface area contributed by atoms with Crippen LogP contribution in [0.1, 0.15) is 41.7 Å². The first kappa shape index (κ1) is 22.6. The number of hydrogen-bond donors (Lipinski definition) is 2. The van der Waals surface area contributed by atoms with Crippen molar-refractivity contribution in [3.63, 3.8) is 0 Å². The molecule has 31 heavy (non-hydrogen) atoms. The van der Waals surface area contributed by atoms with Gasteiger partial charge >= 0.3 is 0 Å². The first-order chi connectivity index (χ1) is 14.8. The molecule has 0 saturated carbocycles. The van der Waals surface area contributed by atoms with E-state index in [4.69, 9.17) is 31.2 Å². The number of aromatic nitrogens is 1. The minimum atomic E-state index is -0.594. The summed E-state index contributed by atoms with van der Waals surface area (Å²) in [6.45, 7) is 3.87. The molecule has 0 aliphatic rings. The number of methoxy groups -OCH3 is 1. The second-order valence-corrected chi connectivity index (χ2v) is 7.11. The third kappa shape index (κ3) is 4.98. The lowest BCUT2D eigenvalue weighted by Crippen LogP contribution is -2.26. The van der Waals surface area contributed by atoms with E-state index in [1.807, 2.05) is 6.92 Å². The van der Waals surface area contributed by atoms with E-state index in [1.165, 1.54) is 12.1 Å². The van der Waals surface area contributed by atoms with Gasteiger partial charge in [-0.05, 0) is 44.2 Å². The monoisotopic (exact) mass is 447 g/mol. The van der Waals surface area contributed by atoms with Gasteiger partial charge in [-0.1, -0.05) is 17.7 Å². The number of rotatable bonds is 8. The maximum absolute atomic E-state index is 14.0. The zero-order valence-electron chi connectivity index (χ0n) is 17.4. The van der Waals surface area contributed by atoms with Gasteiger partial charge in [0.2, 0.25) is 5.89 Å². The second-order valence-electron chi connectivity index (χ2n) is 6.70. The van der Waals surface area contributed by atoms with Crippen molar-refractivity contribution in [1.82, 2.24) is 10.3 Å². The summed E-state index contributed by atoms with van der Waals surface area (Å²) in [5, 5.41) is 2.84. The number of nitrogens with zero attached hydrogens (tertiary/aromatic N) is 1. The number of halogens is 2. The highest BCUT2D eigenvalue weighted by Gasteiger charge is 2.24. The molecule has 1 amide bonds. The molecule has 0 unspecified atom stereocenters. The molecule has 3 rings (SSSR count). The fraction of sp³-hybridized carbons (Fsp3) is 0.273. The van der Waals surface area contributed by atoms with E-state index < -0.39 is 17.8 Å². The molecule has 7 nitrogen and oxygen atoms in total. The molecule has 1 atom stereocenters. The van der Waals surface area contributed by atoms with E-state index >= 15 is 0 Å². The van der Waals surface area contributed by atoms with Crippen molar-refractivity contribution in [3.8, 4) is 23.0 Å². The summed E-state index contributed by atoms with van der Waals surface area (Å²) in [6.07, 6.45) is 0. The number of oxazole rings is 1. The minimum absolute atomic E-state index is 0.0197. The van der Waals surface area contributed by atoms with E-state index in [0.29, 0.717) is 23.7 Å². The lowest BCUT2D eigenvalue weighted by molar-refractivity contribution is 0.0943. The van der Waals surface area contributed by atoms with Crippen LogP contribution in [-0.2, 0) is 6.54 Å². The zero-order chi connectivity index (χ0) is 22.5. The molecule has 0 saturated heterocycles. The molecule has 0 aliphatic carbocycles. The Balaban J connectivity index is 1.90. The van der Waals surface area contributed by atoms with E-state index in [0.717, 1.165) is 0 Å². The van der Waals surface area contributed by atoms with Gasteiger partial charge < -0.3 is 24.9 Å². The highest BCUT2D eigenvalue weighted by Crippen LogP contribution is 2.33. The summed E-state index contributed by atoms with van der Waals surface area (Å²) in [4.78, 5) is 17.1. The van der Waals surface area contributed by atoms with E-state index in [-0.39, 0.29) is 34.5 Å². The van der Waals surface area contributed by atoms with E-state index in [2.05, 4.69) is 10.3 Å². The molecular formula is C22H23ClFN3O4. The molecule has 1 heterocycles. The summed E-state index contributed by atoms with van der Waals surface area (Å²) < 4.78 is 30.7. The van der Waals surface area contributed by atoms with Crippen LogP contribution in [0.4, 0.5) is 4.39 Å². The van der Waals surface area contributed by atoms with Crippen LogP contribution < -0.4 is 20.5 Å². The molecule has 3 N–H and O–H groups in total. The molecule has 164 valence electrons. The lowest BCUT2D eigenvalue weighted by atomic mass is 10.2. The Hall–Kier alpha value is -3.10. The van der Waals surface area contributed by atoms with Crippen LogP contribution in [0, 0.1) is 5.82 Å². The molecule has 1 aromatic heterocycles. The summed E-state index contributed by atoms with van der Waals surface area (Å²) in [5.74, 6) is 0.418. The number of nitrogens with two attached hydrogens (primary N) is 1. The molecule has 3 aromatic rings. The van der Waals surface area contributed by atoms with Crippen LogP contribution in [0.15, 0.2) is 40.8 Å². The fourth-order valence-electron chi connectivity index (χ4n) is 2.96. The molecule has 9 heteroatoms. The molecule has 0 spiro atoms. The highest BCUT2D eigenvalue weighted by atomic mass is 35.5. The van der Waals surface area contributed by atoms with Crippen molar-refractivity contribution in [2.75, 3.05) is 13.7 Å². The predicted octanol–water partition coefficient (Wildman–Crippen LogP) is 4.49. The number of carbonyl (C=O) groups is 1. The maximum Gasteiger partial charge on any atom is 0.273 e. The van der Waals surface area contributed by atoms with Crippen molar-refractivity contribution < 1.29 is 23.1 Å². The van der Waals surface area contributed by atoms with Crippen molar-refractivity contribution in [2.24, 2.45) is 5.73 Å². The van der Waals surface area contributed by atoms with Crippen molar-refractivity contribution in [1.29, 1.82) is 0 Å². The fourth-order valence-corrected chi connectivity index (χ4v) is 3.19. The highest BCUT2D eigenvalue weighted by molar-refractivity contribution is 6.31. The molecular weight excluding hydrogens is 425 g/mol. The van der Waals surface area contributed by atoms with Gasteiger partial charge in [-0.3, -0.25) is 4.79 Å². The number of ether oxygens (including phenoxy) is 2. The number of nitrogens with one attached hydrogen (secondary N) is 1. The first-order valence-corrected chi connectivity index (χ1v) is 10.0. The summed E-state index contributed by atoms with van der Waals surface area (Å²) in [6, 6.07) is 8.88. The van der Waals surface area contributed by atoms with Crippen molar-refractivity contribution >= 4 is 17.5 Å². The van der Waals surface area contributed by atoms with Gasteiger partial charge in [-0.2, -0.15) is 0 Å². The average molecular weight is 448 g/mol. The summed E-state index contributed by atoms with van der Waals surface area (Å²) in [7, 11) is 1.54. The van der Waals surface area contributed by atoms with E-state index in [1.54, 1.807) is 38.3 Å². The number of benzene rings is 2. The summed E-state index contributed by atoms with van der Waals surface area (Å²) in [5.41, 5.74) is 6.77. The third-order valence-corrected chi connectivity index (χ3v) is 4.83. The molecule has 0 aliphatic heterocycles. The number of amides is 1. The van der Waals surface area contributed by atoms with Gasteiger partial charge in [0, 0.05) is 22.7 Å². The van der Waals surface area contributed by atoms with Gasteiger partial charge in [-0.15, -0.1) is 0 Å². The average Bonchev–Trinajstić information content (AvgIpc) is 3.19. The molecule has 0 radical (unpaired) electrons. The van der Waals surface area contributed by atoms with Crippen molar-refractivity contribution in [3.05, 3.63) is 64.3 Å². The van der Waals surface area contributed by atoms with Crippen LogP contribution in [0.2, 0.25) is 5.02 Å². The maximum atomic E-state index is 14.0. The number of carbonyl (C=O) groups excluding carboxylic acids is 1. The quantitative estimate of drug-likeness (QED) is 0.527. The normalized spacial score (nSPS) is 11.8. The molecule has 2 aromatic carbocycles. The van der Waals surface area contributed by atoms with Crippen LogP contribution >= 0.6 is 11.6 Å². The molecule has 0 bridgehead atoms. The van der Waals surface area contributed by atoms with E-state index in [9.17, 15) is 9.18 Å². The largest absolute Gasteiger partial charge is 0.493 e. The Labute approximate surface area is 184 Å². The first-order valence-electron chi connectivity index (χ1n) is 9.64. The standard InChI is InChI=1S/C22H23ClFN3O4/c1-4-30-18-10-13(8-9-17(18)29-3)22-27-19(20(31-22)12(2)25)21(28)26-11-14-15(23)6-5-7-16(14)24/h5-10,12H,4,11,25H2,1-3H3,(H,26,28)/t12-/m0/s1. The van der Waals surface area contributed by atoms with Gasteiger partial charge in [0.15, 0.2) is 23.0 Å². The number of hydrogen-bond acceptors (Lipinski definition) is 6. The topological polar surface area (TPSA) is 99.6 Å². The van der Waals surface area contributed by atoms with Gasteiger partial charge in [0.1, 0.15) is 5.82 Å².